The molecular weight excluding hydrogens is 402 g/mol. The quantitative estimate of drug-likeness (QED) is 0.510. The average molecular weight is 440 g/mol. The Balaban J connectivity index is 1.62. The van der Waals surface area contributed by atoms with Crippen molar-refractivity contribution in [3.63, 3.8) is 0 Å². The molecule has 4 rings (SSSR count). The maximum Gasteiger partial charge on any atom is 0.271 e. The van der Waals surface area contributed by atoms with Crippen LogP contribution in [0, 0.1) is 0 Å². The zero-order chi connectivity index (χ0) is 22.7. The SMILES string of the molecule is CC(C)OCCCN1C(=O)c2cc3ccccc3n2C[C@]1(C)C(=O)NC1CCCCCC1. The molecule has 1 aliphatic carbocycles. The van der Waals surface area contributed by atoms with Gasteiger partial charge in [0.15, 0.2) is 0 Å². The number of amides is 2. The van der Waals surface area contributed by atoms with Crippen LogP contribution in [0.5, 0.6) is 0 Å². The summed E-state index contributed by atoms with van der Waals surface area (Å²) in [4.78, 5) is 29.2. The van der Waals surface area contributed by atoms with E-state index in [2.05, 4.69) is 5.32 Å². The number of aromatic nitrogens is 1. The molecule has 1 fully saturated rings. The minimum atomic E-state index is -0.935. The molecule has 0 saturated heterocycles. The molecule has 0 bridgehead atoms. The highest BCUT2D eigenvalue weighted by atomic mass is 16.5. The number of ether oxygens (including phenoxy) is 1. The van der Waals surface area contributed by atoms with Gasteiger partial charge in [-0.1, -0.05) is 43.9 Å². The molecular formula is C26H37N3O3. The van der Waals surface area contributed by atoms with Crippen molar-refractivity contribution in [1.82, 2.24) is 14.8 Å². The molecule has 1 saturated carbocycles. The molecule has 2 aliphatic rings. The third-order valence-electron chi connectivity index (χ3n) is 6.99. The Bertz CT molecular complexity index is 958. The summed E-state index contributed by atoms with van der Waals surface area (Å²) < 4.78 is 7.74. The van der Waals surface area contributed by atoms with Gasteiger partial charge in [0.1, 0.15) is 11.2 Å². The second-order valence-corrected chi connectivity index (χ2v) is 9.84. The van der Waals surface area contributed by atoms with Crippen LogP contribution in [0.4, 0.5) is 0 Å². The summed E-state index contributed by atoms with van der Waals surface area (Å²) in [5.74, 6) is -0.110. The lowest BCUT2D eigenvalue weighted by molar-refractivity contribution is -0.133. The first-order chi connectivity index (χ1) is 15.4. The van der Waals surface area contributed by atoms with Gasteiger partial charge in [-0.3, -0.25) is 9.59 Å². The topological polar surface area (TPSA) is 63.6 Å². The summed E-state index contributed by atoms with van der Waals surface area (Å²) in [6.07, 6.45) is 7.69. The van der Waals surface area contributed by atoms with Crippen LogP contribution in [0.15, 0.2) is 30.3 Å². The van der Waals surface area contributed by atoms with E-state index >= 15 is 0 Å². The number of carbonyl (C=O) groups excluding carboxylic acids is 2. The molecule has 1 aromatic heterocycles. The standard InChI is InChI=1S/C26H37N3O3/c1-19(2)32-16-10-15-29-24(30)23-17-20-11-8-9-14-22(20)28(23)18-26(29,3)25(31)27-21-12-6-4-5-7-13-21/h8-9,11,14,17,19,21H,4-7,10,12-13,15-16,18H2,1-3H3,(H,27,31)/t26-/m1/s1. The average Bonchev–Trinajstić information content (AvgIpc) is 2.93. The number of fused-ring (bicyclic) bond motifs is 3. The van der Waals surface area contributed by atoms with E-state index in [4.69, 9.17) is 4.74 Å². The highest BCUT2D eigenvalue weighted by Gasteiger charge is 2.47. The number of benzene rings is 1. The zero-order valence-electron chi connectivity index (χ0n) is 19.7. The molecule has 32 heavy (non-hydrogen) atoms. The predicted octanol–water partition coefficient (Wildman–Crippen LogP) is 4.51. The lowest BCUT2D eigenvalue weighted by Gasteiger charge is -2.44. The van der Waals surface area contributed by atoms with E-state index in [-0.39, 0.29) is 24.0 Å². The van der Waals surface area contributed by atoms with Gasteiger partial charge >= 0.3 is 0 Å². The molecule has 0 spiro atoms. The molecule has 1 N–H and O–H groups in total. The fourth-order valence-electron chi connectivity index (χ4n) is 5.16. The number of carbonyl (C=O) groups is 2. The van der Waals surface area contributed by atoms with Crippen LogP contribution < -0.4 is 5.32 Å². The third-order valence-corrected chi connectivity index (χ3v) is 6.99. The summed E-state index contributed by atoms with van der Waals surface area (Å²) in [5.41, 5.74) is 0.735. The van der Waals surface area contributed by atoms with Crippen LogP contribution in [0.3, 0.4) is 0 Å². The molecule has 1 aliphatic heterocycles. The van der Waals surface area contributed by atoms with Crippen LogP contribution in [-0.2, 0) is 16.1 Å². The summed E-state index contributed by atoms with van der Waals surface area (Å²) in [6, 6.07) is 10.2. The minimum Gasteiger partial charge on any atom is -0.379 e. The number of hydrogen-bond acceptors (Lipinski definition) is 3. The van der Waals surface area contributed by atoms with Crippen molar-refractivity contribution >= 4 is 22.7 Å². The molecule has 6 heteroatoms. The van der Waals surface area contributed by atoms with Crippen molar-refractivity contribution in [3.8, 4) is 0 Å². The Morgan fingerprint density at radius 2 is 1.91 bits per heavy atom. The number of para-hydroxylation sites is 1. The molecule has 0 unspecified atom stereocenters. The number of nitrogens with zero attached hydrogens (tertiary/aromatic N) is 2. The van der Waals surface area contributed by atoms with E-state index in [0.717, 1.165) is 36.6 Å². The van der Waals surface area contributed by atoms with Crippen molar-refractivity contribution in [2.24, 2.45) is 0 Å². The molecule has 6 nitrogen and oxygen atoms in total. The lowest BCUT2D eigenvalue weighted by Crippen LogP contribution is -2.65. The van der Waals surface area contributed by atoms with E-state index in [1.807, 2.05) is 55.7 Å². The Morgan fingerprint density at radius 3 is 2.62 bits per heavy atom. The smallest absolute Gasteiger partial charge is 0.271 e. The van der Waals surface area contributed by atoms with Gasteiger partial charge in [-0.15, -0.1) is 0 Å². The second kappa shape index (κ2) is 9.65. The summed E-state index contributed by atoms with van der Waals surface area (Å²) in [5, 5.41) is 4.36. The van der Waals surface area contributed by atoms with Crippen LogP contribution in [0.25, 0.3) is 10.9 Å². The number of rotatable bonds is 7. The maximum atomic E-state index is 13.7. The molecule has 1 atom stereocenters. The summed E-state index contributed by atoms with van der Waals surface area (Å²) in [7, 11) is 0. The molecule has 174 valence electrons. The molecule has 1 aromatic carbocycles. The van der Waals surface area contributed by atoms with Crippen LogP contribution >= 0.6 is 0 Å². The monoisotopic (exact) mass is 439 g/mol. The Kier molecular flexibility index (Phi) is 6.89. The van der Waals surface area contributed by atoms with Gasteiger partial charge in [-0.05, 0) is 52.2 Å². The summed E-state index contributed by atoms with van der Waals surface area (Å²) >= 11 is 0. The van der Waals surface area contributed by atoms with Gasteiger partial charge in [0, 0.05) is 30.1 Å². The van der Waals surface area contributed by atoms with Crippen molar-refractivity contribution in [2.45, 2.75) is 89.9 Å². The van der Waals surface area contributed by atoms with Crippen molar-refractivity contribution in [3.05, 3.63) is 36.0 Å². The van der Waals surface area contributed by atoms with Crippen molar-refractivity contribution < 1.29 is 14.3 Å². The Labute approximate surface area is 191 Å². The van der Waals surface area contributed by atoms with E-state index in [1.54, 1.807) is 4.90 Å². The normalized spacial score (nSPS) is 22.2. The fraction of sp³-hybridized carbons (Fsp3) is 0.615. The minimum absolute atomic E-state index is 0.0361. The van der Waals surface area contributed by atoms with E-state index in [9.17, 15) is 9.59 Å². The van der Waals surface area contributed by atoms with E-state index < -0.39 is 5.54 Å². The van der Waals surface area contributed by atoms with E-state index in [1.165, 1.54) is 12.8 Å². The van der Waals surface area contributed by atoms with Crippen molar-refractivity contribution in [2.75, 3.05) is 13.2 Å². The molecule has 2 amide bonds. The number of hydrogen-bond donors (Lipinski definition) is 1. The second-order valence-electron chi connectivity index (χ2n) is 9.84. The molecule has 2 heterocycles. The van der Waals surface area contributed by atoms with Gasteiger partial charge in [0.2, 0.25) is 5.91 Å². The predicted molar refractivity (Wildman–Crippen MR) is 127 cm³/mol. The van der Waals surface area contributed by atoms with Gasteiger partial charge in [-0.25, -0.2) is 0 Å². The highest BCUT2D eigenvalue weighted by Crippen LogP contribution is 2.33. The Hall–Kier alpha value is -2.34. The highest BCUT2D eigenvalue weighted by molar-refractivity contribution is 6.03. The lowest BCUT2D eigenvalue weighted by atomic mass is 9.93. The van der Waals surface area contributed by atoms with Crippen LogP contribution in [-0.4, -0.2) is 52.1 Å². The van der Waals surface area contributed by atoms with Gasteiger partial charge < -0.3 is 19.5 Å². The molecule has 0 radical (unpaired) electrons. The molecule has 2 aromatic rings. The van der Waals surface area contributed by atoms with Crippen LogP contribution in [0.2, 0.25) is 0 Å². The van der Waals surface area contributed by atoms with Crippen molar-refractivity contribution in [1.29, 1.82) is 0 Å². The van der Waals surface area contributed by atoms with Gasteiger partial charge in [0.05, 0.1) is 12.6 Å². The third kappa shape index (κ3) is 4.56. The fourth-order valence-corrected chi connectivity index (χ4v) is 5.16. The Morgan fingerprint density at radius 1 is 1.19 bits per heavy atom. The van der Waals surface area contributed by atoms with Gasteiger partial charge in [0.25, 0.3) is 5.91 Å². The van der Waals surface area contributed by atoms with E-state index in [0.29, 0.717) is 31.8 Å². The largest absolute Gasteiger partial charge is 0.379 e. The first-order valence-electron chi connectivity index (χ1n) is 12.2. The van der Waals surface area contributed by atoms with Gasteiger partial charge in [-0.2, -0.15) is 0 Å². The first-order valence-corrected chi connectivity index (χ1v) is 12.2. The zero-order valence-corrected chi connectivity index (χ0v) is 19.7. The van der Waals surface area contributed by atoms with Crippen LogP contribution in [0.1, 0.15) is 76.2 Å². The maximum absolute atomic E-state index is 13.7. The summed E-state index contributed by atoms with van der Waals surface area (Å²) in [6.45, 7) is 7.49. The first kappa shape index (κ1) is 22.8. The number of nitrogens with one attached hydrogen (secondary N) is 1.